The van der Waals surface area contributed by atoms with Gasteiger partial charge >= 0.3 is 0 Å². The molecule has 1 aromatic rings. The Kier molecular flexibility index (Phi) is 5.73. The molecule has 1 N–H and O–H groups in total. The summed E-state index contributed by atoms with van der Waals surface area (Å²) in [6.45, 7) is 2.03. The second-order valence-corrected chi connectivity index (χ2v) is 5.99. The van der Waals surface area contributed by atoms with E-state index in [1.807, 2.05) is 17.8 Å². The van der Waals surface area contributed by atoms with Crippen LogP contribution in [0.2, 0.25) is 0 Å². The van der Waals surface area contributed by atoms with Crippen molar-refractivity contribution < 1.29 is 4.79 Å². The Labute approximate surface area is 119 Å². The maximum Gasteiger partial charge on any atom is 0.237 e. The van der Waals surface area contributed by atoms with Crippen LogP contribution < -0.4 is 5.32 Å². The average molecular weight is 278 g/mol. The molecule has 104 valence electrons. The molecule has 1 aliphatic heterocycles. The van der Waals surface area contributed by atoms with Crippen LogP contribution in [0.3, 0.4) is 0 Å². The number of benzene rings is 1. The molecule has 2 rings (SSSR count). The van der Waals surface area contributed by atoms with Gasteiger partial charge in [-0.05, 0) is 31.5 Å². The second kappa shape index (κ2) is 7.56. The first-order valence-electron chi connectivity index (χ1n) is 6.95. The number of likely N-dealkylation sites (N-methyl/N-ethyl adjacent to an activating group) is 1. The molecule has 0 bridgehead atoms. The van der Waals surface area contributed by atoms with Crippen LogP contribution in [-0.2, 0) is 4.79 Å². The molecule has 1 heterocycles. The molecule has 19 heavy (non-hydrogen) atoms. The summed E-state index contributed by atoms with van der Waals surface area (Å²) in [5.41, 5.74) is 0. The van der Waals surface area contributed by atoms with Gasteiger partial charge in [-0.25, -0.2) is 0 Å². The molecule has 4 heteroatoms. The number of piperidine rings is 1. The van der Waals surface area contributed by atoms with Crippen LogP contribution in [0.4, 0.5) is 0 Å². The van der Waals surface area contributed by atoms with Gasteiger partial charge in [0.2, 0.25) is 5.91 Å². The topological polar surface area (TPSA) is 32.3 Å². The van der Waals surface area contributed by atoms with Crippen LogP contribution in [0.1, 0.15) is 19.3 Å². The van der Waals surface area contributed by atoms with Crippen molar-refractivity contribution in [2.75, 3.05) is 25.9 Å². The molecule has 0 aliphatic carbocycles. The van der Waals surface area contributed by atoms with Gasteiger partial charge in [0, 0.05) is 24.2 Å². The molecule has 1 atom stereocenters. The van der Waals surface area contributed by atoms with E-state index in [-0.39, 0.29) is 11.9 Å². The van der Waals surface area contributed by atoms with Crippen LogP contribution in [0.5, 0.6) is 0 Å². The van der Waals surface area contributed by atoms with Crippen molar-refractivity contribution in [3.05, 3.63) is 30.3 Å². The van der Waals surface area contributed by atoms with E-state index < -0.39 is 0 Å². The van der Waals surface area contributed by atoms with Gasteiger partial charge in [-0.3, -0.25) is 9.69 Å². The Balaban J connectivity index is 1.81. The Morgan fingerprint density at radius 1 is 1.37 bits per heavy atom. The van der Waals surface area contributed by atoms with Gasteiger partial charge in [0.25, 0.3) is 0 Å². The van der Waals surface area contributed by atoms with Crippen molar-refractivity contribution in [2.24, 2.45) is 0 Å². The summed E-state index contributed by atoms with van der Waals surface area (Å²) in [5, 5.41) is 2.79. The van der Waals surface area contributed by atoms with E-state index in [0.717, 1.165) is 25.3 Å². The summed E-state index contributed by atoms with van der Waals surface area (Å²) < 4.78 is 0. The van der Waals surface area contributed by atoms with Crippen molar-refractivity contribution in [2.45, 2.75) is 30.2 Å². The highest BCUT2D eigenvalue weighted by molar-refractivity contribution is 7.99. The lowest BCUT2D eigenvalue weighted by Crippen LogP contribution is -2.49. The Morgan fingerprint density at radius 3 is 2.89 bits per heavy atom. The molecule has 0 saturated carbocycles. The summed E-state index contributed by atoms with van der Waals surface area (Å²) in [6.07, 6.45) is 3.37. The first-order valence-corrected chi connectivity index (χ1v) is 7.93. The lowest BCUT2D eigenvalue weighted by molar-refractivity contribution is -0.127. The van der Waals surface area contributed by atoms with Gasteiger partial charge in [-0.2, -0.15) is 0 Å². The van der Waals surface area contributed by atoms with E-state index in [2.05, 4.69) is 34.5 Å². The fourth-order valence-electron chi connectivity index (χ4n) is 2.52. The van der Waals surface area contributed by atoms with E-state index in [1.54, 1.807) is 7.05 Å². The lowest BCUT2D eigenvalue weighted by Gasteiger charge is -2.34. The predicted octanol–water partition coefficient (Wildman–Crippen LogP) is 2.38. The summed E-state index contributed by atoms with van der Waals surface area (Å²) in [7, 11) is 1.73. The highest BCUT2D eigenvalue weighted by atomic mass is 32.2. The van der Waals surface area contributed by atoms with Crippen LogP contribution in [0.15, 0.2) is 35.2 Å². The van der Waals surface area contributed by atoms with E-state index in [1.165, 1.54) is 17.7 Å². The SMILES string of the molecule is CNC(=O)C1CCCCN1CCSc1ccccc1. The fraction of sp³-hybridized carbons (Fsp3) is 0.533. The minimum atomic E-state index is 0.0788. The Morgan fingerprint density at radius 2 is 2.16 bits per heavy atom. The largest absolute Gasteiger partial charge is 0.358 e. The van der Waals surface area contributed by atoms with Crippen molar-refractivity contribution in [3.8, 4) is 0 Å². The number of nitrogens with zero attached hydrogens (tertiary/aromatic N) is 1. The first-order chi connectivity index (χ1) is 9.31. The minimum Gasteiger partial charge on any atom is -0.358 e. The Hall–Kier alpha value is -1.00. The number of nitrogens with one attached hydrogen (secondary N) is 1. The lowest BCUT2D eigenvalue weighted by atomic mass is 10.0. The number of thioether (sulfide) groups is 1. The number of likely N-dealkylation sites (tertiary alicyclic amines) is 1. The second-order valence-electron chi connectivity index (χ2n) is 4.82. The predicted molar refractivity (Wildman–Crippen MR) is 80.4 cm³/mol. The van der Waals surface area contributed by atoms with Crippen LogP contribution in [-0.4, -0.2) is 42.7 Å². The summed E-state index contributed by atoms with van der Waals surface area (Å²) >= 11 is 1.86. The zero-order chi connectivity index (χ0) is 13.5. The number of carbonyl (C=O) groups is 1. The average Bonchev–Trinajstić information content (AvgIpc) is 2.48. The van der Waals surface area contributed by atoms with Gasteiger partial charge in [-0.1, -0.05) is 24.6 Å². The normalized spacial score (nSPS) is 20.2. The van der Waals surface area contributed by atoms with Gasteiger partial charge in [0.1, 0.15) is 0 Å². The van der Waals surface area contributed by atoms with Crippen LogP contribution in [0, 0.1) is 0 Å². The highest BCUT2D eigenvalue weighted by Gasteiger charge is 2.27. The molecular formula is C15H22N2OS. The summed E-state index contributed by atoms with van der Waals surface area (Å²) in [4.78, 5) is 15.5. The smallest absolute Gasteiger partial charge is 0.237 e. The van der Waals surface area contributed by atoms with Gasteiger partial charge in [-0.15, -0.1) is 11.8 Å². The third kappa shape index (κ3) is 4.25. The maximum absolute atomic E-state index is 11.9. The molecule has 1 saturated heterocycles. The molecule has 1 fully saturated rings. The molecule has 1 aliphatic rings. The molecule has 1 unspecified atom stereocenters. The molecular weight excluding hydrogens is 256 g/mol. The van der Waals surface area contributed by atoms with Crippen molar-refractivity contribution in [1.82, 2.24) is 10.2 Å². The number of amides is 1. The highest BCUT2D eigenvalue weighted by Crippen LogP contribution is 2.20. The van der Waals surface area contributed by atoms with Gasteiger partial charge in [0.15, 0.2) is 0 Å². The Bertz CT molecular complexity index is 396. The monoisotopic (exact) mass is 278 g/mol. The summed E-state index contributed by atoms with van der Waals surface area (Å²) in [5.74, 6) is 1.21. The number of hydrogen-bond donors (Lipinski definition) is 1. The third-order valence-corrected chi connectivity index (χ3v) is 4.55. The first kappa shape index (κ1) is 14.4. The molecule has 0 radical (unpaired) electrons. The molecule has 1 aromatic carbocycles. The van der Waals surface area contributed by atoms with Crippen molar-refractivity contribution >= 4 is 17.7 Å². The van der Waals surface area contributed by atoms with Crippen LogP contribution in [0.25, 0.3) is 0 Å². The maximum atomic E-state index is 11.9. The molecule has 0 aromatic heterocycles. The van der Waals surface area contributed by atoms with E-state index in [4.69, 9.17) is 0 Å². The van der Waals surface area contributed by atoms with Crippen LogP contribution >= 0.6 is 11.8 Å². The number of rotatable bonds is 5. The standard InChI is InChI=1S/C15H22N2OS/c1-16-15(18)14-9-5-6-10-17(14)11-12-19-13-7-3-2-4-8-13/h2-4,7-8,14H,5-6,9-12H2,1H3,(H,16,18). The zero-order valence-electron chi connectivity index (χ0n) is 11.5. The molecule has 1 amide bonds. The summed E-state index contributed by atoms with van der Waals surface area (Å²) in [6, 6.07) is 10.5. The van der Waals surface area contributed by atoms with Gasteiger partial charge < -0.3 is 5.32 Å². The third-order valence-electron chi connectivity index (χ3n) is 3.55. The van der Waals surface area contributed by atoms with E-state index in [9.17, 15) is 4.79 Å². The molecule has 0 spiro atoms. The molecule has 3 nitrogen and oxygen atoms in total. The minimum absolute atomic E-state index is 0.0788. The number of hydrogen-bond acceptors (Lipinski definition) is 3. The van der Waals surface area contributed by atoms with Gasteiger partial charge in [0.05, 0.1) is 6.04 Å². The number of carbonyl (C=O) groups excluding carboxylic acids is 1. The fourth-order valence-corrected chi connectivity index (χ4v) is 3.43. The zero-order valence-corrected chi connectivity index (χ0v) is 12.3. The van der Waals surface area contributed by atoms with E-state index in [0.29, 0.717) is 0 Å². The van der Waals surface area contributed by atoms with Crippen molar-refractivity contribution in [1.29, 1.82) is 0 Å². The van der Waals surface area contributed by atoms with E-state index >= 15 is 0 Å². The van der Waals surface area contributed by atoms with Crippen molar-refractivity contribution in [3.63, 3.8) is 0 Å². The quantitative estimate of drug-likeness (QED) is 0.839.